The van der Waals surface area contributed by atoms with Crippen molar-refractivity contribution in [1.82, 2.24) is 9.97 Å². The van der Waals surface area contributed by atoms with Gasteiger partial charge in [0, 0.05) is 23.2 Å². The van der Waals surface area contributed by atoms with E-state index in [2.05, 4.69) is 34.2 Å². The van der Waals surface area contributed by atoms with E-state index in [9.17, 15) is 0 Å². The molecule has 4 heteroatoms. The third kappa shape index (κ3) is 1.94. The minimum absolute atomic E-state index is 0. The molecule has 2 heterocycles. The maximum atomic E-state index is 4.35. The van der Waals surface area contributed by atoms with E-state index in [0.717, 1.165) is 21.8 Å². The summed E-state index contributed by atoms with van der Waals surface area (Å²) in [6, 6.07) is 12.1. The van der Waals surface area contributed by atoms with Gasteiger partial charge in [-0.1, -0.05) is 24.3 Å². The maximum Gasteiger partial charge on any atom is 0.0964 e. The van der Waals surface area contributed by atoms with Crippen molar-refractivity contribution in [3.8, 4) is 0 Å². The lowest BCUT2D eigenvalue weighted by molar-refractivity contribution is 1.37. The molecule has 0 aliphatic heterocycles. The van der Waals surface area contributed by atoms with Crippen LogP contribution in [0.2, 0.25) is 0 Å². The smallest absolute Gasteiger partial charge is 0.0964 e. The molecule has 0 saturated heterocycles. The summed E-state index contributed by atoms with van der Waals surface area (Å²) in [5.41, 5.74) is 1.95. The van der Waals surface area contributed by atoms with Crippen molar-refractivity contribution in [2.45, 2.75) is 0 Å². The molecule has 1 aromatic carbocycles. The Kier molecular flexibility index (Phi) is 4.05. The van der Waals surface area contributed by atoms with Crippen molar-refractivity contribution in [1.29, 1.82) is 0 Å². The van der Waals surface area contributed by atoms with E-state index >= 15 is 0 Å². The lowest BCUT2D eigenvalue weighted by atomic mass is 10.1. The van der Waals surface area contributed by atoms with Crippen molar-refractivity contribution in [2.75, 3.05) is 0 Å². The number of nitrogens with zero attached hydrogens (tertiary/aromatic N) is 2. The predicted octanol–water partition coefficient (Wildman–Crippen LogP) is 3.63. The molecule has 0 N–H and O–H groups in total. The van der Waals surface area contributed by atoms with Crippen molar-refractivity contribution in [3.05, 3.63) is 48.8 Å². The molecule has 3 aromatic rings. The fourth-order valence-corrected chi connectivity index (χ4v) is 1.68. The van der Waals surface area contributed by atoms with Crippen LogP contribution in [-0.2, 0) is 0 Å². The van der Waals surface area contributed by atoms with Gasteiger partial charge in [-0.25, -0.2) is 0 Å². The molecule has 16 heavy (non-hydrogen) atoms. The summed E-state index contributed by atoms with van der Waals surface area (Å²) >= 11 is 0. The molecule has 2 aromatic heterocycles. The highest BCUT2D eigenvalue weighted by Crippen LogP contribution is 2.20. The van der Waals surface area contributed by atoms with Gasteiger partial charge in [-0.3, -0.25) is 9.97 Å². The number of rotatable bonds is 0. The summed E-state index contributed by atoms with van der Waals surface area (Å²) in [5, 5.41) is 2.28. The highest BCUT2D eigenvalue weighted by atomic mass is 35.5. The van der Waals surface area contributed by atoms with Crippen LogP contribution < -0.4 is 0 Å². The van der Waals surface area contributed by atoms with Gasteiger partial charge in [0.2, 0.25) is 0 Å². The number of aromatic nitrogens is 2. The first kappa shape index (κ1) is 12.7. The zero-order chi connectivity index (χ0) is 9.38. The molecule has 0 fully saturated rings. The SMILES string of the molecule is Cl.Cl.c1cnc2c(c1)ccc1cccnc12. The highest BCUT2D eigenvalue weighted by Gasteiger charge is 2.00. The van der Waals surface area contributed by atoms with Gasteiger partial charge in [0.15, 0.2) is 0 Å². The Labute approximate surface area is 106 Å². The second-order valence-corrected chi connectivity index (χ2v) is 3.22. The quantitative estimate of drug-likeness (QED) is 0.572. The highest BCUT2D eigenvalue weighted by molar-refractivity contribution is 6.02. The molecule has 0 radical (unpaired) electrons. The van der Waals surface area contributed by atoms with Gasteiger partial charge >= 0.3 is 0 Å². The summed E-state index contributed by atoms with van der Waals surface area (Å²) in [6.45, 7) is 0. The van der Waals surface area contributed by atoms with Gasteiger partial charge in [-0.05, 0) is 12.1 Å². The van der Waals surface area contributed by atoms with Crippen molar-refractivity contribution in [3.63, 3.8) is 0 Å². The van der Waals surface area contributed by atoms with Gasteiger partial charge < -0.3 is 0 Å². The fourth-order valence-electron chi connectivity index (χ4n) is 1.68. The first-order valence-electron chi connectivity index (χ1n) is 4.53. The summed E-state index contributed by atoms with van der Waals surface area (Å²) in [6.07, 6.45) is 3.60. The minimum Gasteiger partial charge on any atom is -0.254 e. The molecular weight excluding hydrogens is 243 g/mol. The second-order valence-electron chi connectivity index (χ2n) is 3.22. The average Bonchev–Trinajstić information content (AvgIpc) is 2.29. The molecule has 0 bridgehead atoms. The molecule has 82 valence electrons. The van der Waals surface area contributed by atoms with E-state index < -0.39 is 0 Å². The first-order chi connectivity index (χ1) is 6.95. The molecular formula is C12H10Cl2N2. The van der Waals surface area contributed by atoms with Crippen LogP contribution in [0.15, 0.2) is 48.8 Å². The average molecular weight is 253 g/mol. The predicted molar refractivity (Wildman–Crippen MR) is 71.5 cm³/mol. The van der Waals surface area contributed by atoms with Crippen LogP contribution in [-0.4, -0.2) is 9.97 Å². The Bertz CT molecular complexity index is 556. The molecule has 0 aliphatic carbocycles. The Morgan fingerprint density at radius 2 is 1.06 bits per heavy atom. The van der Waals surface area contributed by atoms with E-state index in [1.807, 2.05) is 12.1 Å². The van der Waals surface area contributed by atoms with Crippen LogP contribution >= 0.6 is 24.8 Å². The minimum atomic E-state index is 0. The van der Waals surface area contributed by atoms with Crippen LogP contribution in [0.4, 0.5) is 0 Å². The van der Waals surface area contributed by atoms with E-state index in [-0.39, 0.29) is 24.8 Å². The molecule has 2 nitrogen and oxygen atoms in total. The molecule has 0 saturated carbocycles. The summed E-state index contributed by atoms with van der Waals surface area (Å²) in [4.78, 5) is 8.69. The fraction of sp³-hybridized carbons (Fsp3) is 0. The molecule has 0 amide bonds. The van der Waals surface area contributed by atoms with Crippen LogP contribution in [0, 0.1) is 0 Å². The zero-order valence-corrected chi connectivity index (χ0v) is 9.96. The largest absolute Gasteiger partial charge is 0.254 e. The van der Waals surface area contributed by atoms with Crippen molar-refractivity contribution >= 4 is 46.6 Å². The Balaban J connectivity index is 0.000000640. The molecule has 0 spiro atoms. The second kappa shape index (κ2) is 5.10. The summed E-state index contributed by atoms with van der Waals surface area (Å²) in [5.74, 6) is 0. The zero-order valence-electron chi connectivity index (χ0n) is 8.33. The summed E-state index contributed by atoms with van der Waals surface area (Å²) < 4.78 is 0. The Hall–Kier alpha value is -1.38. The number of hydrogen-bond donors (Lipinski definition) is 0. The number of pyridine rings is 2. The Morgan fingerprint density at radius 1 is 0.625 bits per heavy atom. The maximum absolute atomic E-state index is 4.35. The topological polar surface area (TPSA) is 25.8 Å². The molecule has 0 unspecified atom stereocenters. The summed E-state index contributed by atoms with van der Waals surface area (Å²) in [7, 11) is 0. The molecule has 3 rings (SSSR count). The first-order valence-corrected chi connectivity index (χ1v) is 4.53. The van der Waals surface area contributed by atoms with E-state index in [4.69, 9.17) is 0 Å². The Morgan fingerprint density at radius 3 is 1.50 bits per heavy atom. The van der Waals surface area contributed by atoms with Gasteiger partial charge in [-0.15, -0.1) is 24.8 Å². The third-order valence-corrected chi connectivity index (χ3v) is 2.34. The molecule has 0 atom stereocenters. The van der Waals surface area contributed by atoms with E-state index in [0.29, 0.717) is 0 Å². The number of benzene rings is 1. The van der Waals surface area contributed by atoms with Gasteiger partial charge in [0.05, 0.1) is 11.0 Å². The van der Waals surface area contributed by atoms with Gasteiger partial charge in [-0.2, -0.15) is 0 Å². The van der Waals surface area contributed by atoms with Crippen LogP contribution in [0.3, 0.4) is 0 Å². The number of hydrogen-bond acceptors (Lipinski definition) is 2. The molecule has 0 aliphatic rings. The van der Waals surface area contributed by atoms with E-state index in [1.165, 1.54) is 0 Å². The number of halogens is 2. The van der Waals surface area contributed by atoms with Gasteiger partial charge in [0.25, 0.3) is 0 Å². The van der Waals surface area contributed by atoms with Crippen molar-refractivity contribution < 1.29 is 0 Å². The monoisotopic (exact) mass is 252 g/mol. The van der Waals surface area contributed by atoms with Crippen molar-refractivity contribution in [2.24, 2.45) is 0 Å². The third-order valence-electron chi connectivity index (χ3n) is 2.34. The lowest BCUT2D eigenvalue weighted by Crippen LogP contribution is -1.83. The van der Waals surface area contributed by atoms with Crippen LogP contribution in [0.25, 0.3) is 21.8 Å². The lowest BCUT2D eigenvalue weighted by Gasteiger charge is -2.00. The standard InChI is InChI=1S/C12H8N2.2ClH/c1-3-9-5-6-10-4-2-8-14-12(10)11(9)13-7-1;;/h1-8H;2*1H. The van der Waals surface area contributed by atoms with E-state index in [1.54, 1.807) is 12.4 Å². The van der Waals surface area contributed by atoms with Crippen LogP contribution in [0.5, 0.6) is 0 Å². The van der Waals surface area contributed by atoms with Gasteiger partial charge in [0.1, 0.15) is 0 Å². The van der Waals surface area contributed by atoms with Crippen LogP contribution in [0.1, 0.15) is 0 Å². The normalized spacial score (nSPS) is 9.50. The number of fused-ring (bicyclic) bond motifs is 3.